The summed E-state index contributed by atoms with van der Waals surface area (Å²) in [4.78, 5) is 39.0. The van der Waals surface area contributed by atoms with E-state index in [0.29, 0.717) is 11.1 Å². The number of carbonyl (C=O) groups is 3. The van der Waals surface area contributed by atoms with Crippen molar-refractivity contribution in [3.05, 3.63) is 71.3 Å². The number of amides is 2. The summed E-state index contributed by atoms with van der Waals surface area (Å²) < 4.78 is 0. The van der Waals surface area contributed by atoms with Crippen LogP contribution in [0.4, 0.5) is 0 Å². The second-order valence-corrected chi connectivity index (χ2v) is 6.21. The van der Waals surface area contributed by atoms with E-state index in [9.17, 15) is 19.5 Å². The van der Waals surface area contributed by atoms with Gasteiger partial charge in [-0.2, -0.15) is 0 Å². The van der Waals surface area contributed by atoms with E-state index in [2.05, 4.69) is 0 Å². The molecule has 6 heteroatoms. The molecule has 0 spiro atoms. The van der Waals surface area contributed by atoms with E-state index in [4.69, 9.17) is 0 Å². The van der Waals surface area contributed by atoms with E-state index in [-0.39, 0.29) is 12.5 Å². The van der Waals surface area contributed by atoms with E-state index >= 15 is 0 Å². The van der Waals surface area contributed by atoms with Gasteiger partial charge in [-0.15, -0.1) is 0 Å². The molecule has 1 N–H and O–H groups in total. The molecule has 0 aromatic heterocycles. The normalized spacial score (nSPS) is 11.5. The number of hydrogen-bond acceptors (Lipinski definition) is 3. The zero-order valence-electron chi connectivity index (χ0n) is 15.0. The molecule has 0 saturated heterocycles. The third-order valence-electron chi connectivity index (χ3n) is 4.07. The molecule has 26 heavy (non-hydrogen) atoms. The number of benzene rings is 2. The van der Waals surface area contributed by atoms with Crippen molar-refractivity contribution in [1.82, 2.24) is 9.80 Å². The molecular weight excluding hydrogens is 332 g/mol. The average Bonchev–Trinajstić information content (AvgIpc) is 2.65. The Morgan fingerprint density at radius 1 is 0.885 bits per heavy atom. The number of hydrogen-bond donors (Lipinski definition) is 1. The third-order valence-corrected chi connectivity index (χ3v) is 4.07. The molecule has 6 nitrogen and oxygen atoms in total. The summed E-state index contributed by atoms with van der Waals surface area (Å²) in [5.74, 6) is -1.63. The first-order chi connectivity index (χ1) is 12.3. The Balaban J connectivity index is 2.28. The summed E-state index contributed by atoms with van der Waals surface area (Å²) in [7, 11) is 3.30. The largest absolute Gasteiger partial charge is 0.480 e. The minimum absolute atomic E-state index is 0.163. The summed E-state index contributed by atoms with van der Waals surface area (Å²) in [5, 5.41) is 9.36. The molecule has 0 heterocycles. The molecule has 1 unspecified atom stereocenters. The Kier molecular flexibility index (Phi) is 6.11. The Labute approximate surface area is 152 Å². The third kappa shape index (κ3) is 4.47. The van der Waals surface area contributed by atoms with Crippen LogP contribution in [0.15, 0.2) is 54.6 Å². The Bertz CT molecular complexity index is 785. The van der Waals surface area contributed by atoms with Crippen molar-refractivity contribution < 1.29 is 19.5 Å². The van der Waals surface area contributed by atoms with Crippen LogP contribution in [0.2, 0.25) is 0 Å². The second-order valence-electron chi connectivity index (χ2n) is 6.21. The monoisotopic (exact) mass is 354 g/mol. The van der Waals surface area contributed by atoms with Crippen molar-refractivity contribution >= 4 is 17.8 Å². The number of carboxylic acid groups (broad SMARTS) is 1. The minimum atomic E-state index is -1.08. The maximum absolute atomic E-state index is 12.9. The van der Waals surface area contributed by atoms with Gasteiger partial charge in [0.05, 0.1) is 0 Å². The number of carbonyl (C=O) groups excluding carboxylic acids is 2. The molecular formula is C20H22N2O4. The first-order valence-electron chi connectivity index (χ1n) is 8.20. The summed E-state index contributed by atoms with van der Waals surface area (Å²) in [5.41, 5.74) is 1.64. The van der Waals surface area contributed by atoms with Gasteiger partial charge in [-0.1, -0.05) is 30.3 Å². The van der Waals surface area contributed by atoms with Gasteiger partial charge in [0.25, 0.3) is 11.8 Å². The molecule has 0 fully saturated rings. The Morgan fingerprint density at radius 2 is 1.38 bits per heavy atom. The molecule has 1 atom stereocenters. The summed E-state index contributed by atoms with van der Waals surface area (Å²) in [6.07, 6.45) is 0. The standard InChI is InChI=1S/C20H22N2O4/c1-14(20(25)26)22(13-15-7-5-4-6-8-15)19(24)17-11-9-16(10-12-17)18(23)21(2)3/h4-12,14H,13H2,1-3H3,(H,25,26). The highest BCUT2D eigenvalue weighted by atomic mass is 16.4. The van der Waals surface area contributed by atoms with E-state index in [1.807, 2.05) is 30.3 Å². The van der Waals surface area contributed by atoms with Gasteiger partial charge in [-0.3, -0.25) is 9.59 Å². The van der Waals surface area contributed by atoms with Gasteiger partial charge in [-0.25, -0.2) is 4.79 Å². The van der Waals surface area contributed by atoms with E-state index < -0.39 is 17.9 Å². The van der Waals surface area contributed by atoms with Crippen LogP contribution in [-0.4, -0.2) is 52.8 Å². The number of nitrogens with zero attached hydrogens (tertiary/aromatic N) is 2. The quantitative estimate of drug-likeness (QED) is 0.865. The minimum Gasteiger partial charge on any atom is -0.480 e. The number of carboxylic acids is 1. The summed E-state index contributed by atoms with van der Waals surface area (Å²) in [6.45, 7) is 1.67. The van der Waals surface area contributed by atoms with Crippen LogP contribution in [0.1, 0.15) is 33.2 Å². The Morgan fingerprint density at radius 3 is 1.85 bits per heavy atom. The van der Waals surface area contributed by atoms with Crippen LogP contribution in [0.5, 0.6) is 0 Å². The van der Waals surface area contributed by atoms with E-state index in [1.165, 1.54) is 16.7 Å². The number of aliphatic carboxylic acids is 1. The average molecular weight is 354 g/mol. The topological polar surface area (TPSA) is 77.9 Å². The predicted molar refractivity (Wildman–Crippen MR) is 97.9 cm³/mol. The van der Waals surface area contributed by atoms with Crippen molar-refractivity contribution in [2.45, 2.75) is 19.5 Å². The van der Waals surface area contributed by atoms with Gasteiger partial charge < -0.3 is 14.9 Å². The van der Waals surface area contributed by atoms with Gasteiger partial charge in [0, 0.05) is 31.8 Å². The van der Waals surface area contributed by atoms with Gasteiger partial charge in [0.15, 0.2) is 0 Å². The molecule has 0 radical (unpaired) electrons. The fraction of sp³-hybridized carbons (Fsp3) is 0.250. The van der Waals surface area contributed by atoms with Crippen molar-refractivity contribution in [2.75, 3.05) is 14.1 Å². The van der Waals surface area contributed by atoms with E-state index in [1.54, 1.807) is 38.4 Å². The lowest BCUT2D eigenvalue weighted by atomic mass is 10.1. The lowest BCUT2D eigenvalue weighted by Gasteiger charge is -2.27. The van der Waals surface area contributed by atoms with Crippen LogP contribution in [0.3, 0.4) is 0 Å². The molecule has 2 aromatic carbocycles. The van der Waals surface area contributed by atoms with Gasteiger partial charge >= 0.3 is 5.97 Å². The molecule has 2 aromatic rings. The predicted octanol–water partition coefficient (Wildman–Crippen LogP) is 2.50. The van der Waals surface area contributed by atoms with Gasteiger partial charge in [0.1, 0.15) is 6.04 Å². The summed E-state index contributed by atoms with van der Waals surface area (Å²) >= 11 is 0. The Hall–Kier alpha value is -3.15. The molecule has 0 saturated carbocycles. The SMILES string of the molecule is CC(C(=O)O)N(Cc1ccccc1)C(=O)c1ccc(C(=O)N(C)C)cc1. The van der Waals surface area contributed by atoms with Crippen LogP contribution in [-0.2, 0) is 11.3 Å². The van der Waals surface area contributed by atoms with E-state index in [0.717, 1.165) is 5.56 Å². The lowest BCUT2D eigenvalue weighted by molar-refractivity contribution is -0.141. The van der Waals surface area contributed by atoms with Crippen LogP contribution >= 0.6 is 0 Å². The maximum Gasteiger partial charge on any atom is 0.326 e. The van der Waals surface area contributed by atoms with Crippen molar-refractivity contribution in [1.29, 1.82) is 0 Å². The lowest BCUT2D eigenvalue weighted by Crippen LogP contribution is -2.42. The van der Waals surface area contributed by atoms with Crippen molar-refractivity contribution in [2.24, 2.45) is 0 Å². The summed E-state index contributed by atoms with van der Waals surface area (Å²) in [6, 6.07) is 14.5. The molecule has 0 aliphatic rings. The van der Waals surface area contributed by atoms with Crippen LogP contribution < -0.4 is 0 Å². The highest BCUT2D eigenvalue weighted by Crippen LogP contribution is 2.15. The zero-order chi connectivity index (χ0) is 19.3. The van der Waals surface area contributed by atoms with Crippen LogP contribution in [0, 0.1) is 0 Å². The highest BCUT2D eigenvalue weighted by Gasteiger charge is 2.26. The first-order valence-corrected chi connectivity index (χ1v) is 8.20. The van der Waals surface area contributed by atoms with Crippen molar-refractivity contribution in [3.8, 4) is 0 Å². The molecule has 0 aliphatic heterocycles. The highest BCUT2D eigenvalue weighted by molar-refractivity contribution is 5.98. The molecule has 0 bridgehead atoms. The zero-order valence-corrected chi connectivity index (χ0v) is 15.0. The first kappa shape index (κ1) is 19.2. The fourth-order valence-corrected chi connectivity index (χ4v) is 2.48. The van der Waals surface area contributed by atoms with Gasteiger partial charge in [0.2, 0.25) is 0 Å². The van der Waals surface area contributed by atoms with Crippen LogP contribution in [0.25, 0.3) is 0 Å². The smallest absolute Gasteiger partial charge is 0.326 e. The molecule has 2 rings (SSSR count). The maximum atomic E-state index is 12.9. The number of rotatable bonds is 6. The van der Waals surface area contributed by atoms with Gasteiger partial charge in [-0.05, 0) is 36.8 Å². The molecule has 0 aliphatic carbocycles. The van der Waals surface area contributed by atoms with Crippen molar-refractivity contribution in [3.63, 3.8) is 0 Å². The second kappa shape index (κ2) is 8.29. The molecule has 136 valence electrons. The fourth-order valence-electron chi connectivity index (χ4n) is 2.48. The molecule has 2 amide bonds.